The fourth-order valence-electron chi connectivity index (χ4n) is 2.56. The molecule has 25 heavy (non-hydrogen) atoms. The molecule has 0 aliphatic carbocycles. The van der Waals surface area contributed by atoms with E-state index < -0.39 is 23.8 Å². The van der Waals surface area contributed by atoms with Gasteiger partial charge in [-0.25, -0.2) is 4.79 Å². The first kappa shape index (κ1) is 22.2. The number of fused-ring (bicyclic) bond motifs is 1. The second-order valence-corrected chi connectivity index (χ2v) is 6.47. The summed E-state index contributed by atoms with van der Waals surface area (Å²) in [6, 6.07) is 2.83. The van der Waals surface area contributed by atoms with Crippen LogP contribution in [0.15, 0.2) is 17.7 Å². The molecular formula is C16H18ClF3NNaO3. The number of nitrogens with zero attached hydrogens (tertiary/aromatic N) is 1. The number of benzene rings is 1. The van der Waals surface area contributed by atoms with Gasteiger partial charge in [-0.15, -0.1) is 0 Å². The summed E-state index contributed by atoms with van der Waals surface area (Å²) in [4.78, 5) is 12.9. The molecule has 0 bridgehead atoms. The molecule has 1 aliphatic heterocycles. The van der Waals surface area contributed by atoms with Crippen molar-refractivity contribution < 1.29 is 27.8 Å². The Morgan fingerprint density at radius 3 is 2.48 bits per heavy atom. The van der Waals surface area contributed by atoms with Crippen molar-refractivity contribution in [2.45, 2.75) is 26.1 Å². The van der Waals surface area contributed by atoms with Gasteiger partial charge in [0, 0.05) is 25.2 Å². The maximum absolute atomic E-state index is 13.1. The average Bonchev–Trinajstić information content (AvgIpc) is 2.43. The van der Waals surface area contributed by atoms with Crippen LogP contribution in [0.25, 0.3) is 6.08 Å². The van der Waals surface area contributed by atoms with Crippen LogP contribution < -0.4 is 9.64 Å². The van der Waals surface area contributed by atoms with Crippen molar-refractivity contribution in [1.82, 2.24) is 0 Å². The number of ether oxygens (including phenoxy) is 1. The van der Waals surface area contributed by atoms with Gasteiger partial charge >= 0.3 is 41.7 Å². The molecule has 0 fully saturated rings. The molecular weight excluding hydrogens is 370 g/mol. The zero-order chi connectivity index (χ0) is 18.2. The monoisotopic (exact) mass is 387 g/mol. The third-order valence-corrected chi connectivity index (χ3v) is 3.81. The number of anilines is 1. The van der Waals surface area contributed by atoms with Crippen molar-refractivity contribution in [3.63, 3.8) is 0 Å². The summed E-state index contributed by atoms with van der Waals surface area (Å²) in [6.45, 7) is 4.65. The molecule has 0 unspecified atom stereocenters. The second-order valence-electron chi connectivity index (χ2n) is 6.06. The van der Waals surface area contributed by atoms with Gasteiger partial charge in [-0.2, -0.15) is 13.2 Å². The topological polar surface area (TPSA) is 49.8 Å². The Bertz CT molecular complexity index is 692. The first-order valence-corrected chi connectivity index (χ1v) is 7.61. The van der Waals surface area contributed by atoms with Gasteiger partial charge in [0.25, 0.3) is 0 Å². The van der Waals surface area contributed by atoms with Crippen molar-refractivity contribution in [1.29, 1.82) is 0 Å². The molecule has 0 saturated carbocycles. The summed E-state index contributed by atoms with van der Waals surface area (Å²) >= 11 is 6.20. The molecule has 1 atom stereocenters. The van der Waals surface area contributed by atoms with E-state index in [9.17, 15) is 18.0 Å². The molecule has 134 valence electrons. The van der Waals surface area contributed by atoms with E-state index in [0.29, 0.717) is 23.2 Å². The molecule has 1 N–H and O–H groups in total. The van der Waals surface area contributed by atoms with Crippen LogP contribution in [0.3, 0.4) is 0 Å². The van der Waals surface area contributed by atoms with E-state index in [1.165, 1.54) is 12.1 Å². The van der Waals surface area contributed by atoms with Gasteiger partial charge in [-0.1, -0.05) is 25.4 Å². The van der Waals surface area contributed by atoms with Gasteiger partial charge < -0.3 is 14.7 Å². The maximum atomic E-state index is 13.1. The van der Waals surface area contributed by atoms with Crippen LogP contribution in [0.4, 0.5) is 18.9 Å². The molecule has 0 saturated heterocycles. The van der Waals surface area contributed by atoms with Gasteiger partial charge in [-0.3, -0.25) is 0 Å². The fraction of sp³-hybridized carbons (Fsp3) is 0.438. The van der Waals surface area contributed by atoms with Crippen LogP contribution in [-0.2, 0) is 4.79 Å². The third kappa shape index (κ3) is 5.06. The van der Waals surface area contributed by atoms with E-state index in [0.717, 1.165) is 6.08 Å². The first-order valence-electron chi connectivity index (χ1n) is 7.23. The zero-order valence-corrected chi connectivity index (χ0v) is 14.1. The van der Waals surface area contributed by atoms with Gasteiger partial charge in [0.1, 0.15) is 5.75 Å². The Morgan fingerprint density at radius 1 is 1.40 bits per heavy atom. The summed E-state index contributed by atoms with van der Waals surface area (Å²) < 4.78 is 44.2. The standard InChI is InChI=1S/C16H17ClF3NO3.Na.H/c1-8(2)7-21(3)12-6-13-9(5-11(12)17)4-10(15(22)23)14(24-13)16(18,19)20;;/h4-6,8,14H,7H2,1-3H3,(H,22,23);;/t14-;;/m1../s1. The predicted octanol–water partition coefficient (Wildman–Crippen LogP) is 3.58. The number of hydrogen-bond donors (Lipinski definition) is 1. The quantitative estimate of drug-likeness (QED) is 0.802. The Balaban J connectivity index is 0.00000312. The van der Waals surface area contributed by atoms with Gasteiger partial charge in [0.2, 0.25) is 6.10 Å². The van der Waals surface area contributed by atoms with E-state index in [-0.39, 0.29) is 40.9 Å². The SMILES string of the molecule is CC(C)CN(C)c1cc2c(cc1Cl)C=C(C(=O)O)[C@H](C(F)(F)F)O2.[NaH]. The van der Waals surface area contributed by atoms with E-state index in [1.807, 2.05) is 18.7 Å². The van der Waals surface area contributed by atoms with Crippen LogP contribution in [0.5, 0.6) is 5.75 Å². The Morgan fingerprint density at radius 2 is 2.00 bits per heavy atom. The van der Waals surface area contributed by atoms with Crippen molar-refractivity contribution in [3.8, 4) is 5.75 Å². The van der Waals surface area contributed by atoms with Crippen molar-refractivity contribution >= 4 is 58.9 Å². The molecule has 9 heteroatoms. The number of hydrogen-bond acceptors (Lipinski definition) is 3. The summed E-state index contributed by atoms with van der Waals surface area (Å²) in [5.41, 5.74) is -0.133. The molecule has 0 radical (unpaired) electrons. The number of carboxylic acid groups (broad SMARTS) is 1. The van der Waals surface area contributed by atoms with Crippen molar-refractivity contribution in [2.24, 2.45) is 5.92 Å². The number of carbonyl (C=O) groups is 1. The van der Waals surface area contributed by atoms with Gasteiger partial charge in [0.05, 0.1) is 16.3 Å². The summed E-state index contributed by atoms with van der Waals surface area (Å²) in [7, 11) is 1.77. The van der Waals surface area contributed by atoms with E-state index in [2.05, 4.69) is 0 Å². The van der Waals surface area contributed by atoms with Gasteiger partial charge in [0.15, 0.2) is 0 Å². The van der Waals surface area contributed by atoms with Crippen LogP contribution in [0.2, 0.25) is 5.02 Å². The zero-order valence-electron chi connectivity index (χ0n) is 13.3. The molecule has 0 amide bonds. The average molecular weight is 388 g/mol. The van der Waals surface area contributed by atoms with Crippen molar-refractivity contribution in [3.05, 3.63) is 28.3 Å². The minimum absolute atomic E-state index is 0. The molecule has 1 aromatic rings. The van der Waals surface area contributed by atoms with Crippen LogP contribution in [0.1, 0.15) is 19.4 Å². The van der Waals surface area contributed by atoms with Crippen molar-refractivity contribution in [2.75, 3.05) is 18.5 Å². The first-order chi connectivity index (χ1) is 11.0. The molecule has 4 nitrogen and oxygen atoms in total. The fourth-order valence-corrected chi connectivity index (χ4v) is 2.88. The molecule has 0 aromatic heterocycles. The Labute approximate surface area is 170 Å². The molecule has 1 heterocycles. The summed E-state index contributed by atoms with van der Waals surface area (Å²) in [5.74, 6) is -1.40. The third-order valence-electron chi connectivity index (χ3n) is 3.51. The Hall–Kier alpha value is -0.890. The van der Waals surface area contributed by atoms with E-state index in [4.69, 9.17) is 21.4 Å². The van der Waals surface area contributed by atoms with E-state index >= 15 is 0 Å². The molecule has 1 aliphatic rings. The Kier molecular flexibility index (Phi) is 7.27. The number of aliphatic carboxylic acids is 1. The van der Waals surface area contributed by atoms with Gasteiger partial charge in [-0.05, 0) is 18.1 Å². The number of halogens is 4. The minimum atomic E-state index is -4.83. The molecule has 1 aromatic carbocycles. The number of alkyl halides is 3. The number of rotatable bonds is 4. The van der Waals surface area contributed by atoms with Crippen LogP contribution in [0, 0.1) is 5.92 Å². The second kappa shape index (κ2) is 8.20. The molecule has 2 rings (SSSR count). The van der Waals surface area contributed by atoms with Crippen LogP contribution in [-0.4, -0.2) is 66.5 Å². The van der Waals surface area contributed by atoms with Crippen LogP contribution >= 0.6 is 11.6 Å². The van der Waals surface area contributed by atoms with E-state index in [1.54, 1.807) is 7.05 Å². The normalized spacial score (nSPS) is 16.5. The molecule has 0 spiro atoms. The summed E-state index contributed by atoms with van der Waals surface area (Å²) in [6.07, 6.45) is -6.38. The summed E-state index contributed by atoms with van der Waals surface area (Å²) in [5, 5.41) is 9.33. The predicted molar refractivity (Wildman–Crippen MR) is 92.8 cm³/mol. The number of carboxylic acids is 1.